The maximum atomic E-state index is 12.9. The summed E-state index contributed by atoms with van der Waals surface area (Å²) in [6.07, 6.45) is 2.56. The summed E-state index contributed by atoms with van der Waals surface area (Å²) in [5, 5.41) is 9.69. The van der Waals surface area contributed by atoms with Gasteiger partial charge in [0.1, 0.15) is 0 Å². The predicted molar refractivity (Wildman–Crippen MR) is 101 cm³/mol. The molecule has 1 aliphatic heterocycles. The average molecular weight is 358 g/mol. The molecule has 0 aromatic heterocycles. The molecule has 0 unspecified atom stereocenters. The number of aliphatic carboxylic acids is 1. The number of carbonyl (C=O) groups is 2. The Morgan fingerprint density at radius 3 is 2.54 bits per heavy atom. The number of hydrogen-bond acceptors (Lipinski definition) is 3. The van der Waals surface area contributed by atoms with E-state index in [2.05, 4.69) is 25.7 Å². The highest BCUT2D eigenvalue weighted by Gasteiger charge is 2.55. The number of likely N-dealkylation sites (tertiary alicyclic amines) is 1. The summed E-state index contributed by atoms with van der Waals surface area (Å²) >= 11 is 0. The van der Waals surface area contributed by atoms with Gasteiger partial charge in [0.05, 0.1) is 5.41 Å². The van der Waals surface area contributed by atoms with E-state index in [1.54, 1.807) is 4.90 Å². The largest absolute Gasteiger partial charge is 0.481 e. The molecule has 1 saturated heterocycles. The molecule has 5 nitrogen and oxygen atoms in total. The summed E-state index contributed by atoms with van der Waals surface area (Å²) in [6, 6.07) is 8.28. The van der Waals surface area contributed by atoms with Gasteiger partial charge in [-0.2, -0.15) is 0 Å². The molecule has 1 saturated carbocycles. The Morgan fingerprint density at radius 2 is 2.00 bits per heavy atom. The van der Waals surface area contributed by atoms with E-state index in [1.165, 1.54) is 5.56 Å². The summed E-state index contributed by atoms with van der Waals surface area (Å²) in [5.74, 6) is -0.672. The Balaban J connectivity index is 1.68. The van der Waals surface area contributed by atoms with E-state index in [-0.39, 0.29) is 11.8 Å². The van der Waals surface area contributed by atoms with Gasteiger partial charge >= 0.3 is 5.97 Å². The van der Waals surface area contributed by atoms with Crippen LogP contribution in [0, 0.1) is 11.3 Å². The van der Waals surface area contributed by atoms with Crippen molar-refractivity contribution in [2.75, 3.05) is 19.6 Å². The lowest BCUT2D eigenvalue weighted by Crippen LogP contribution is -2.37. The first-order valence-electron chi connectivity index (χ1n) is 9.73. The molecule has 1 N–H and O–H groups in total. The number of carboxylic acid groups (broad SMARTS) is 1. The van der Waals surface area contributed by atoms with Crippen molar-refractivity contribution in [1.29, 1.82) is 0 Å². The molecule has 0 radical (unpaired) electrons. The molecule has 0 bridgehead atoms. The zero-order valence-corrected chi connectivity index (χ0v) is 16.1. The van der Waals surface area contributed by atoms with Gasteiger partial charge in [0, 0.05) is 31.2 Å². The molecule has 2 aliphatic rings. The lowest BCUT2D eigenvalue weighted by atomic mass is 9.81. The Morgan fingerprint density at radius 1 is 1.31 bits per heavy atom. The molecule has 3 rings (SSSR count). The first kappa shape index (κ1) is 18.9. The van der Waals surface area contributed by atoms with Gasteiger partial charge in [0.25, 0.3) is 5.91 Å². The Bertz CT molecular complexity index is 670. The number of carbonyl (C=O) groups excluding carboxylic acids is 1. The second-order valence-corrected chi connectivity index (χ2v) is 8.09. The van der Waals surface area contributed by atoms with Gasteiger partial charge < -0.3 is 10.0 Å². The second kappa shape index (κ2) is 7.39. The minimum atomic E-state index is -0.737. The SMILES string of the molecule is CCN(Cc1ccc(C(=O)N2C[C@@H]3CCC[C@@]3(C(=O)O)C2)cc1)C(C)C. The molecule has 1 heterocycles. The van der Waals surface area contributed by atoms with E-state index in [0.717, 1.165) is 25.9 Å². The van der Waals surface area contributed by atoms with Crippen LogP contribution in [0.4, 0.5) is 0 Å². The van der Waals surface area contributed by atoms with Gasteiger partial charge in [-0.1, -0.05) is 25.5 Å². The lowest BCUT2D eigenvalue weighted by molar-refractivity contribution is -0.149. The van der Waals surface area contributed by atoms with Crippen LogP contribution in [0.2, 0.25) is 0 Å². The minimum Gasteiger partial charge on any atom is -0.481 e. The zero-order valence-electron chi connectivity index (χ0n) is 16.1. The van der Waals surface area contributed by atoms with Crippen LogP contribution in [0.1, 0.15) is 56.0 Å². The molecule has 2 fully saturated rings. The van der Waals surface area contributed by atoms with E-state index in [9.17, 15) is 14.7 Å². The first-order chi connectivity index (χ1) is 12.4. The summed E-state index contributed by atoms with van der Waals surface area (Å²) in [5.41, 5.74) is 1.13. The van der Waals surface area contributed by atoms with Crippen molar-refractivity contribution in [3.05, 3.63) is 35.4 Å². The molecular weight excluding hydrogens is 328 g/mol. The van der Waals surface area contributed by atoms with Crippen LogP contribution in [0.5, 0.6) is 0 Å². The summed E-state index contributed by atoms with van der Waals surface area (Å²) in [4.78, 5) is 28.8. The highest BCUT2D eigenvalue weighted by Crippen LogP contribution is 2.49. The van der Waals surface area contributed by atoms with Crippen LogP contribution >= 0.6 is 0 Å². The van der Waals surface area contributed by atoms with E-state index in [1.807, 2.05) is 24.3 Å². The maximum Gasteiger partial charge on any atom is 0.311 e. The zero-order chi connectivity index (χ0) is 18.9. The molecule has 1 aromatic rings. The fraction of sp³-hybridized carbons (Fsp3) is 0.619. The van der Waals surface area contributed by atoms with Gasteiger partial charge in [-0.15, -0.1) is 0 Å². The fourth-order valence-corrected chi connectivity index (χ4v) is 4.62. The Labute approximate surface area is 156 Å². The van der Waals surface area contributed by atoms with Crippen molar-refractivity contribution >= 4 is 11.9 Å². The van der Waals surface area contributed by atoms with Crippen LogP contribution in [0.3, 0.4) is 0 Å². The molecular formula is C21H30N2O3. The van der Waals surface area contributed by atoms with Crippen LogP contribution < -0.4 is 0 Å². The monoisotopic (exact) mass is 358 g/mol. The number of benzene rings is 1. The Hall–Kier alpha value is -1.88. The van der Waals surface area contributed by atoms with Crippen LogP contribution in [-0.4, -0.2) is 52.5 Å². The van der Waals surface area contributed by atoms with Crippen molar-refractivity contribution < 1.29 is 14.7 Å². The summed E-state index contributed by atoms with van der Waals surface area (Å²) < 4.78 is 0. The maximum absolute atomic E-state index is 12.9. The Kier molecular flexibility index (Phi) is 5.37. The number of amides is 1. The highest BCUT2D eigenvalue weighted by molar-refractivity contribution is 5.95. The molecule has 142 valence electrons. The molecule has 1 amide bonds. The third-order valence-corrected chi connectivity index (χ3v) is 6.31. The lowest BCUT2D eigenvalue weighted by Gasteiger charge is -2.25. The van der Waals surface area contributed by atoms with E-state index >= 15 is 0 Å². The second-order valence-electron chi connectivity index (χ2n) is 8.09. The van der Waals surface area contributed by atoms with E-state index < -0.39 is 11.4 Å². The average Bonchev–Trinajstić information content (AvgIpc) is 3.17. The quantitative estimate of drug-likeness (QED) is 0.848. The standard InChI is InChI=1S/C21H30N2O3/c1-4-22(15(2)3)12-16-7-9-17(10-8-16)19(24)23-13-18-6-5-11-21(18,14-23)20(25)26/h7-10,15,18H,4-6,11-14H2,1-3H3,(H,25,26)/t18-,21+/m0/s1. The van der Waals surface area contributed by atoms with Gasteiger partial charge in [0.15, 0.2) is 0 Å². The molecule has 0 spiro atoms. The number of nitrogens with zero attached hydrogens (tertiary/aromatic N) is 2. The van der Waals surface area contributed by atoms with E-state index in [0.29, 0.717) is 31.1 Å². The molecule has 1 aliphatic carbocycles. The van der Waals surface area contributed by atoms with Crippen LogP contribution in [-0.2, 0) is 11.3 Å². The topological polar surface area (TPSA) is 60.9 Å². The van der Waals surface area contributed by atoms with Crippen molar-refractivity contribution in [3.8, 4) is 0 Å². The van der Waals surface area contributed by atoms with Gasteiger partial charge in [-0.05, 0) is 56.8 Å². The molecule has 5 heteroatoms. The number of hydrogen-bond donors (Lipinski definition) is 1. The van der Waals surface area contributed by atoms with Gasteiger partial charge in [-0.25, -0.2) is 0 Å². The molecule has 1 aromatic carbocycles. The normalized spacial score (nSPS) is 25.1. The number of rotatable bonds is 6. The minimum absolute atomic E-state index is 0.0391. The van der Waals surface area contributed by atoms with Gasteiger partial charge in [-0.3, -0.25) is 14.5 Å². The van der Waals surface area contributed by atoms with Crippen LogP contribution in [0.25, 0.3) is 0 Å². The smallest absolute Gasteiger partial charge is 0.311 e. The molecule has 2 atom stereocenters. The summed E-state index contributed by atoms with van der Waals surface area (Å²) in [6.45, 7) is 9.31. The number of carboxylic acids is 1. The number of fused-ring (bicyclic) bond motifs is 1. The first-order valence-corrected chi connectivity index (χ1v) is 9.73. The third kappa shape index (κ3) is 3.37. The van der Waals surface area contributed by atoms with Gasteiger partial charge in [0.2, 0.25) is 0 Å². The van der Waals surface area contributed by atoms with Crippen molar-refractivity contribution in [2.24, 2.45) is 11.3 Å². The van der Waals surface area contributed by atoms with Crippen LogP contribution in [0.15, 0.2) is 24.3 Å². The van der Waals surface area contributed by atoms with Crippen molar-refractivity contribution in [1.82, 2.24) is 9.80 Å². The highest BCUT2D eigenvalue weighted by atomic mass is 16.4. The summed E-state index contributed by atoms with van der Waals surface area (Å²) in [7, 11) is 0. The predicted octanol–water partition coefficient (Wildman–Crippen LogP) is 3.24. The molecule has 26 heavy (non-hydrogen) atoms. The third-order valence-electron chi connectivity index (χ3n) is 6.31. The van der Waals surface area contributed by atoms with Crippen molar-refractivity contribution in [3.63, 3.8) is 0 Å². The fourth-order valence-electron chi connectivity index (χ4n) is 4.62. The van der Waals surface area contributed by atoms with Crippen molar-refractivity contribution in [2.45, 2.75) is 52.6 Å². The van der Waals surface area contributed by atoms with E-state index in [4.69, 9.17) is 0 Å².